The third-order valence-corrected chi connectivity index (χ3v) is 7.23. The number of rotatable bonds is 3. The lowest BCUT2D eigenvalue weighted by Gasteiger charge is -2.31. The van der Waals surface area contributed by atoms with Gasteiger partial charge in [0.15, 0.2) is 0 Å². The van der Waals surface area contributed by atoms with Gasteiger partial charge in [0, 0.05) is 18.5 Å². The smallest absolute Gasteiger partial charge is 0.140 e. The summed E-state index contributed by atoms with van der Waals surface area (Å²) in [6.45, 7) is 5.56. The zero-order chi connectivity index (χ0) is 17.5. The van der Waals surface area contributed by atoms with Crippen LogP contribution in [0, 0.1) is 0 Å². The largest absolute Gasteiger partial charge is 0.378 e. The Labute approximate surface area is 160 Å². The lowest BCUT2D eigenvalue weighted by molar-refractivity contribution is 0.122. The van der Waals surface area contributed by atoms with Crippen molar-refractivity contribution in [2.75, 3.05) is 37.0 Å². The number of anilines is 1. The highest BCUT2D eigenvalue weighted by atomic mass is 32.2. The number of thioether (sulfide) groups is 1. The van der Waals surface area contributed by atoms with E-state index >= 15 is 0 Å². The monoisotopic (exact) mass is 387 g/mol. The highest BCUT2D eigenvalue weighted by Gasteiger charge is 2.26. The maximum Gasteiger partial charge on any atom is 0.140 e. The van der Waals surface area contributed by atoms with Crippen LogP contribution in [0.4, 0.5) is 5.82 Å². The zero-order valence-electron chi connectivity index (χ0n) is 14.8. The number of fused-ring (bicyclic) bond motifs is 5. The molecule has 0 spiro atoms. The molecule has 0 amide bonds. The Bertz CT molecular complexity index is 967. The first-order valence-corrected chi connectivity index (χ1v) is 11.1. The number of morpholine rings is 1. The van der Waals surface area contributed by atoms with Crippen molar-refractivity contribution in [3.05, 3.63) is 11.1 Å². The summed E-state index contributed by atoms with van der Waals surface area (Å²) in [5.74, 6) is 2.15. The molecule has 4 heterocycles. The SMILES string of the molecule is CCSc1nnnc2c1sc1nc(N3CCOCC3)c3c(c12)CCCC3. The van der Waals surface area contributed by atoms with E-state index in [0.717, 1.165) is 65.0 Å². The Morgan fingerprint density at radius 2 is 1.92 bits per heavy atom. The standard InChI is InChI=1S/C18H21N5OS2/c1-2-25-18-15-14(20-22-21-18)13-11-5-3-4-6-12(11)16(19-17(13)26-15)23-7-9-24-10-8-23/h2-10H2,1H3. The van der Waals surface area contributed by atoms with Gasteiger partial charge in [-0.05, 0) is 47.8 Å². The van der Waals surface area contributed by atoms with E-state index in [-0.39, 0.29) is 0 Å². The van der Waals surface area contributed by atoms with Gasteiger partial charge in [0.25, 0.3) is 0 Å². The molecular weight excluding hydrogens is 366 g/mol. The molecule has 0 unspecified atom stereocenters. The number of thiophene rings is 1. The molecule has 0 N–H and O–H groups in total. The molecular formula is C18H21N5OS2. The van der Waals surface area contributed by atoms with Crippen molar-refractivity contribution in [1.29, 1.82) is 0 Å². The number of ether oxygens (including phenoxy) is 1. The van der Waals surface area contributed by atoms with E-state index in [1.165, 1.54) is 35.2 Å². The maximum atomic E-state index is 5.55. The first-order chi connectivity index (χ1) is 12.9. The van der Waals surface area contributed by atoms with Crippen LogP contribution in [0.25, 0.3) is 20.4 Å². The van der Waals surface area contributed by atoms with Gasteiger partial charge in [-0.2, -0.15) is 0 Å². The fourth-order valence-electron chi connectivity index (χ4n) is 4.01. The Hall–Kier alpha value is -1.51. The van der Waals surface area contributed by atoms with Gasteiger partial charge in [-0.1, -0.05) is 6.92 Å². The second-order valence-corrected chi connectivity index (χ2v) is 8.94. The Balaban J connectivity index is 1.77. The first-order valence-electron chi connectivity index (χ1n) is 9.29. The number of aryl methyl sites for hydroxylation is 1. The molecule has 3 aromatic rings. The van der Waals surface area contributed by atoms with Crippen molar-refractivity contribution in [2.24, 2.45) is 0 Å². The molecule has 8 heteroatoms. The zero-order valence-corrected chi connectivity index (χ0v) is 16.5. The summed E-state index contributed by atoms with van der Waals surface area (Å²) < 4.78 is 6.69. The van der Waals surface area contributed by atoms with Gasteiger partial charge >= 0.3 is 0 Å². The van der Waals surface area contributed by atoms with Crippen molar-refractivity contribution >= 4 is 49.3 Å². The topological polar surface area (TPSA) is 64.0 Å². The minimum Gasteiger partial charge on any atom is -0.378 e. The summed E-state index contributed by atoms with van der Waals surface area (Å²) in [4.78, 5) is 8.63. The summed E-state index contributed by atoms with van der Waals surface area (Å²) in [5.41, 5.74) is 3.87. The molecule has 2 aliphatic rings. The van der Waals surface area contributed by atoms with Crippen molar-refractivity contribution < 1.29 is 4.74 Å². The molecule has 0 atom stereocenters. The third-order valence-electron chi connectivity index (χ3n) is 5.18. The molecule has 1 aliphatic heterocycles. The minimum atomic E-state index is 0.785. The van der Waals surface area contributed by atoms with Crippen molar-refractivity contribution in [2.45, 2.75) is 37.6 Å². The molecule has 5 rings (SSSR count). The summed E-state index contributed by atoms with van der Waals surface area (Å²) in [6.07, 6.45) is 4.69. The number of nitrogens with zero attached hydrogens (tertiary/aromatic N) is 5. The average molecular weight is 388 g/mol. The van der Waals surface area contributed by atoms with Crippen LogP contribution in [0.2, 0.25) is 0 Å². The molecule has 26 heavy (non-hydrogen) atoms. The quantitative estimate of drug-likeness (QED) is 0.638. The molecule has 3 aromatic heterocycles. The molecule has 0 aromatic carbocycles. The summed E-state index contributed by atoms with van der Waals surface area (Å²) in [5, 5.41) is 15.0. The Morgan fingerprint density at radius 1 is 1.12 bits per heavy atom. The van der Waals surface area contributed by atoms with E-state index in [2.05, 4.69) is 27.2 Å². The highest BCUT2D eigenvalue weighted by molar-refractivity contribution is 7.99. The lowest BCUT2D eigenvalue weighted by atomic mass is 9.90. The van der Waals surface area contributed by atoms with Crippen LogP contribution in [0.5, 0.6) is 0 Å². The van der Waals surface area contributed by atoms with E-state index < -0.39 is 0 Å². The van der Waals surface area contributed by atoms with Gasteiger partial charge in [-0.25, -0.2) is 4.98 Å². The highest BCUT2D eigenvalue weighted by Crippen LogP contribution is 2.42. The Kier molecular flexibility index (Phi) is 4.42. The van der Waals surface area contributed by atoms with Crippen LogP contribution >= 0.6 is 23.1 Å². The van der Waals surface area contributed by atoms with Crippen LogP contribution in [-0.4, -0.2) is 52.5 Å². The molecule has 1 saturated heterocycles. The van der Waals surface area contributed by atoms with Crippen LogP contribution in [0.3, 0.4) is 0 Å². The van der Waals surface area contributed by atoms with Crippen molar-refractivity contribution in [1.82, 2.24) is 20.4 Å². The van der Waals surface area contributed by atoms with E-state index in [1.54, 1.807) is 23.1 Å². The predicted molar refractivity (Wildman–Crippen MR) is 107 cm³/mol. The van der Waals surface area contributed by atoms with Crippen LogP contribution in [0.1, 0.15) is 30.9 Å². The number of hydrogen-bond donors (Lipinski definition) is 0. The van der Waals surface area contributed by atoms with E-state index in [9.17, 15) is 0 Å². The summed E-state index contributed by atoms with van der Waals surface area (Å²) >= 11 is 3.46. The van der Waals surface area contributed by atoms with Gasteiger partial charge in [0.05, 0.1) is 17.9 Å². The average Bonchev–Trinajstić information content (AvgIpc) is 3.08. The van der Waals surface area contributed by atoms with Gasteiger partial charge in [-0.15, -0.1) is 33.3 Å². The summed E-state index contributed by atoms with van der Waals surface area (Å²) in [6, 6.07) is 0. The van der Waals surface area contributed by atoms with Gasteiger partial charge in [-0.3, -0.25) is 0 Å². The van der Waals surface area contributed by atoms with Gasteiger partial charge < -0.3 is 9.64 Å². The second-order valence-electron chi connectivity index (χ2n) is 6.69. The molecule has 0 bridgehead atoms. The van der Waals surface area contributed by atoms with Crippen LogP contribution in [-0.2, 0) is 17.6 Å². The molecule has 6 nitrogen and oxygen atoms in total. The van der Waals surface area contributed by atoms with Crippen molar-refractivity contribution in [3.63, 3.8) is 0 Å². The van der Waals surface area contributed by atoms with Crippen LogP contribution < -0.4 is 4.90 Å². The predicted octanol–water partition coefficient (Wildman–Crippen LogP) is 3.46. The second kappa shape index (κ2) is 6.90. The third kappa shape index (κ3) is 2.66. The van der Waals surface area contributed by atoms with Gasteiger partial charge in [0.1, 0.15) is 21.2 Å². The fourth-order valence-corrected chi connectivity index (χ4v) is 5.93. The van der Waals surface area contributed by atoms with Crippen LogP contribution in [0.15, 0.2) is 5.03 Å². The summed E-state index contributed by atoms with van der Waals surface area (Å²) in [7, 11) is 0. The number of pyridine rings is 1. The molecule has 0 saturated carbocycles. The molecule has 1 aliphatic carbocycles. The maximum absolute atomic E-state index is 5.55. The minimum absolute atomic E-state index is 0.785. The molecule has 0 radical (unpaired) electrons. The van der Waals surface area contributed by atoms with E-state index in [4.69, 9.17) is 9.72 Å². The van der Waals surface area contributed by atoms with E-state index in [1.807, 2.05) is 0 Å². The van der Waals surface area contributed by atoms with Crippen molar-refractivity contribution in [3.8, 4) is 0 Å². The normalized spacial score (nSPS) is 17.8. The Morgan fingerprint density at radius 3 is 2.73 bits per heavy atom. The first kappa shape index (κ1) is 16.6. The fraction of sp³-hybridized carbons (Fsp3) is 0.556. The molecule has 1 fully saturated rings. The lowest BCUT2D eigenvalue weighted by Crippen LogP contribution is -2.37. The number of hydrogen-bond acceptors (Lipinski definition) is 8. The number of aromatic nitrogens is 4. The molecule has 136 valence electrons. The van der Waals surface area contributed by atoms with E-state index in [0.29, 0.717) is 0 Å². The van der Waals surface area contributed by atoms with Gasteiger partial charge in [0.2, 0.25) is 0 Å².